The highest BCUT2D eigenvalue weighted by Gasteiger charge is 2.42. The third-order valence-corrected chi connectivity index (χ3v) is 8.50. The first-order chi connectivity index (χ1) is 15.4. The third kappa shape index (κ3) is 6.04. The molecule has 0 spiro atoms. The average Bonchev–Trinajstić information content (AvgIpc) is 3.23. The van der Waals surface area contributed by atoms with Gasteiger partial charge in [-0.2, -0.15) is 0 Å². The van der Waals surface area contributed by atoms with Gasteiger partial charge in [-0.1, -0.05) is 36.0 Å². The zero-order valence-corrected chi connectivity index (χ0v) is 19.5. The Balaban J connectivity index is 1.20. The molecule has 0 aliphatic carbocycles. The van der Waals surface area contributed by atoms with Crippen molar-refractivity contribution in [3.05, 3.63) is 59.7 Å². The van der Waals surface area contributed by atoms with Crippen LogP contribution in [0, 0.1) is 0 Å². The number of carbonyl (C=O) groups excluding carboxylic acids is 1. The number of benzene rings is 2. The topological polar surface area (TPSA) is 96.9 Å². The standard InChI is InChI=1S/C23H27N3O4S2/c1-2-30-19-9-5-16(6-10-19)11-12-24-22(27)13-17-3-7-18(8-4-17)25-23-26-20-14-32(28,29)15-21(20)31-23/h3-10,20-21H,2,11-15H2,1H3,(H,24,27)(H,25,26). The molecule has 0 bridgehead atoms. The van der Waals surface area contributed by atoms with Crippen LogP contribution in [0.4, 0.5) is 5.69 Å². The minimum Gasteiger partial charge on any atom is -0.494 e. The highest BCUT2D eigenvalue weighted by molar-refractivity contribution is 8.15. The summed E-state index contributed by atoms with van der Waals surface area (Å²) in [5, 5.41) is 7.00. The van der Waals surface area contributed by atoms with Gasteiger partial charge in [0.15, 0.2) is 15.0 Å². The van der Waals surface area contributed by atoms with Crippen molar-refractivity contribution in [2.45, 2.75) is 31.1 Å². The summed E-state index contributed by atoms with van der Waals surface area (Å²) >= 11 is 1.49. The van der Waals surface area contributed by atoms with Gasteiger partial charge in [0.1, 0.15) is 5.75 Å². The maximum Gasteiger partial charge on any atom is 0.224 e. The average molecular weight is 474 g/mol. The van der Waals surface area contributed by atoms with E-state index in [1.54, 1.807) is 0 Å². The molecule has 9 heteroatoms. The molecule has 32 heavy (non-hydrogen) atoms. The van der Waals surface area contributed by atoms with Crippen molar-refractivity contribution < 1.29 is 17.9 Å². The highest BCUT2D eigenvalue weighted by Crippen LogP contribution is 2.34. The number of amidine groups is 1. The van der Waals surface area contributed by atoms with Crippen LogP contribution in [0.25, 0.3) is 0 Å². The third-order valence-electron chi connectivity index (χ3n) is 5.36. The number of aliphatic imine (C=N–C) groups is 1. The van der Waals surface area contributed by atoms with E-state index in [1.807, 2.05) is 55.5 Å². The fourth-order valence-electron chi connectivity index (χ4n) is 3.76. The number of amides is 1. The van der Waals surface area contributed by atoms with Gasteiger partial charge >= 0.3 is 0 Å². The minimum atomic E-state index is -2.94. The summed E-state index contributed by atoms with van der Waals surface area (Å²) in [6.07, 6.45) is 1.09. The maximum absolute atomic E-state index is 12.3. The molecule has 2 aromatic rings. The number of anilines is 1. The van der Waals surface area contributed by atoms with Crippen LogP contribution in [0.1, 0.15) is 18.1 Å². The van der Waals surface area contributed by atoms with Gasteiger partial charge in [-0.3, -0.25) is 9.79 Å². The Labute approximate surface area is 193 Å². The molecule has 2 aliphatic heterocycles. The molecule has 170 valence electrons. The van der Waals surface area contributed by atoms with Crippen molar-refractivity contribution in [3.63, 3.8) is 0 Å². The second-order valence-electron chi connectivity index (χ2n) is 7.91. The fraction of sp³-hybridized carbons (Fsp3) is 0.391. The molecule has 2 aromatic carbocycles. The largest absolute Gasteiger partial charge is 0.494 e. The van der Waals surface area contributed by atoms with Gasteiger partial charge in [0, 0.05) is 17.5 Å². The van der Waals surface area contributed by atoms with Gasteiger partial charge < -0.3 is 15.4 Å². The fourth-order valence-corrected chi connectivity index (χ4v) is 7.43. The van der Waals surface area contributed by atoms with Crippen molar-refractivity contribution >= 4 is 38.4 Å². The number of hydrogen-bond donors (Lipinski definition) is 2. The first-order valence-electron chi connectivity index (χ1n) is 10.7. The molecule has 1 fully saturated rings. The number of thioether (sulfide) groups is 1. The molecule has 0 aromatic heterocycles. The van der Waals surface area contributed by atoms with Gasteiger partial charge in [0.25, 0.3) is 0 Å². The second-order valence-corrected chi connectivity index (χ2v) is 11.3. The lowest BCUT2D eigenvalue weighted by atomic mass is 10.1. The van der Waals surface area contributed by atoms with Gasteiger partial charge in [-0.25, -0.2) is 8.42 Å². The number of nitrogens with one attached hydrogen (secondary N) is 2. The summed E-state index contributed by atoms with van der Waals surface area (Å²) in [7, 11) is -2.94. The quantitative estimate of drug-likeness (QED) is 0.612. The van der Waals surface area contributed by atoms with Crippen LogP contribution in [0.5, 0.6) is 5.75 Å². The summed E-state index contributed by atoms with van der Waals surface area (Å²) < 4.78 is 28.8. The minimum absolute atomic E-state index is 0.0126. The van der Waals surface area contributed by atoms with E-state index in [2.05, 4.69) is 15.6 Å². The van der Waals surface area contributed by atoms with E-state index in [1.165, 1.54) is 11.8 Å². The van der Waals surface area contributed by atoms with Crippen molar-refractivity contribution in [2.75, 3.05) is 30.0 Å². The first-order valence-corrected chi connectivity index (χ1v) is 13.4. The predicted molar refractivity (Wildman–Crippen MR) is 129 cm³/mol. The van der Waals surface area contributed by atoms with E-state index in [0.717, 1.165) is 34.2 Å². The van der Waals surface area contributed by atoms with Crippen LogP contribution in [0.2, 0.25) is 0 Å². The van der Waals surface area contributed by atoms with Crippen LogP contribution in [-0.2, 0) is 27.5 Å². The van der Waals surface area contributed by atoms with Crippen LogP contribution in [0.15, 0.2) is 53.5 Å². The van der Waals surface area contributed by atoms with Gasteiger partial charge in [-0.05, 0) is 48.7 Å². The highest BCUT2D eigenvalue weighted by atomic mass is 32.2. The smallest absolute Gasteiger partial charge is 0.224 e. The molecule has 2 unspecified atom stereocenters. The predicted octanol–water partition coefficient (Wildman–Crippen LogP) is 2.67. The molecule has 2 aliphatic rings. The first kappa shape index (κ1) is 22.7. The summed E-state index contributed by atoms with van der Waals surface area (Å²) in [5.74, 6) is 1.18. The Kier molecular flexibility index (Phi) is 7.05. The molecule has 0 radical (unpaired) electrons. The normalized spacial score (nSPS) is 21.0. The Morgan fingerprint density at radius 1 is 1.09 bits per heavy atom. The van der Waals surface area contributed by atoms with E-state index in [4.69, 9.17) is 4.74 Å². The molecular formula is C23H27N3O4S2. The summed E-state index contributed by atoms with van der Waals surface area (Å²) in [6, 6.07) is 15.4. The number of nitrogens with zero attached hydrogens (tertiary/aromatic N) is 1. The molecule has 4 rings (SSSR count). The number of rotatable bonds is 8. The number of hydrogen-bond acceptors (Lipinski definition) is 7. The Bertz CT molecular complexity index is 1080. The van der Waals surface area contributed by atoms with Crippen molar-refractivity contribution in [1.29, 1.82) is 0 Å². The van der Waals surface area contributed by atoms with Crippen LogP contribution < -0.4 is 15.4 Å². The second kappa shape index (κ2) is 9.95. The number of sulfone groups is 1. The van der Waals surface area contributed by atoms with E-state index >= 15 is 0 Å². The van der Waals surface area contributed by atoms with Gasteiger partial charge in [-0.15, -0.1) is 0 Å². The molecular weight excluding hydrogens is 446 g/mol. The Hall–Kier alpha value is -2.52. The molecule has 2 atom stereocenters. The van der Waals surface area contributed by atoms with Crippen molar-refractivity contribution in [2.24, 2.45) is 4.99 Å². The van der Waals surface area contributed by atoms with Crippen LogP contribution in [-0.4, -0.2) is 55.4 Å². The number of fused-ring (bicyclic) bond motifs is 1. The molecule has 2 heterocycles. The lowest BCUT2D eigenvalue weighted by Crippen LogP contribution is -2.27. The monoisotopic (exact) mass is 473 g/mol. The molecule has 7 nitrogen and oxygen atoms in total. The summed E-state index contributed by atoms with van der Waals surface area (Å²) in [5.41, 5.74) is 2.95. The number of ether oxygens (including phenoxy) is 1. The Morgan fingerprint density at radius 3 is 2.50 bits per heavy atom. The SMILES string of the molecule is CCOc1ccc(CCNC(=O)Cc2ccc(NC3=NC4CS(=O)(=O)CC4S3)cc2)cc1. The van der Waals surface area contributed by atoms with Gasteiger partial charge in [0.05, 0.1) is 30.6 Å². The lowest BCUT2D eigenvalue weighted by Gasteiger charge is -2.09. The number of carbonyl (C=O) groups is 1. The zero-order valence-electron chi connectivity index (χ0n) is 17.9. The summed E-state index contributed by atoms with van der Waals surface area (Å²) in [6.45, 7) is 3.19. The van der Waals surface area contributed by atoms with E-state index < -0.39 is 9.84 Å². The van der Waals surface area contributed by atoms with E-state index in [-0.39, 0.29) is 28.7 Å². The Morgan fingerprint density at radius 2 is 1.81 bits per heavy atom. The van der Waals surface area contributed by atoms with Crippen LogP contribution in [0.3, 0.4) is 0 Å². The molecule has 0 saturated carbocycles. The zero-order chi connectivity index (χ0) is 22.6. The van der Waals surface area contributed by atoms with Crippen LogP contribution >= 0.6 is 11.8 Å². The lowest BCUT2D eigenvalue weighted by molar-refractivity contribution is -0.120. The maximum atomic E-state index is 12.3. The summed E-state index contributed by atoms with van der Waals surface area (Å²) in [4.78, 5) is 16.8. The van der Waals surface area contributed by atoms with E-state index in [0.29, 0.717) is 19.6 Å². The molecule has 1 amide bonds. The van der Waals surface area contributed by atoms with Gasteiger partial charge in [0.2, 0.25) is 5.91 Å². The molecule has 2 N–H and O–H groups in total. The van der Waals surface area contributed by atoms with Crippen molar-refractivity contribution in [1.82, 2.24) is 5.32 Å². The van der Waals surface area contributed by atoms with Crippen molar-refractivity contribution in [3.8, 4) is 5.75 Å². The molecule has 1 saturated heterocycles. The van der Waals surface area contributed by atoms with E-state index in [9.17, 15) is 13.2 Å².